The van der Waals surface area contributed by atoms with Gasteiger partial charge < -0.3 is 5.32 Å². The Bertz CT molecular complexity index is 649. The van der Waals surface area contributed by atoms with Gasteiger partial charge in [0.05, 0.1) is 11.8 Å². The Hall–Kier alpha value is -1.46. The number of hydrogen-bond acceptors (Lipinski definition) is 2. The molecule has 3 nitrogen and oxygen atoms in total. The number of carbonyl (C=O) groups excluding carboxylic acids is 1. The lowest BCUT2D eigenvalue weighted by Gasteiger charge is -2.09. The lowest BCUT2D eigenvalue weighted by atomic mass is 10.2. The number of hydrogen-bond donors (Lipinski definition) is 1. The molecule has 19 heavy (non-hydrogen) atoms. The smallest absolute Gasteiger partial charge is 0.258 e. The van der Waals surface area contributed by atoms with E-state index in [0.717, 1.165) is 22.3 Å². The first-order valence-corrected chi connectivity index (χ1v) is 6.53. The molecule has 0 fully saturated rings. The predicted molar refractivity (Wildman–Crippen MR) is 76.0 cm³/mol. The van der Waals surface area contributed by atoms with Crippen LogP contribution in [0.1, 0.15) is 15.9 Å². The summed E-state index contributed by atoms with van der Waals surface area (Å²) in [6.07, 6.45) is 0.962. The molecule has 0 atom stereocenters. The van der Waals surface area contributed by atoms with E-state index in [1.54, 1.807) is 12.1 Å². The van der Waals surface area contributed by atoms with Crippen LogP contribution in [0, 0.1) is 12.7 Å². The number of aryl methyl sites for hydroxylation is 1. The van der Waals surface area contributed by atoms with Crippen molar-refractivity contribution < 1.29 is 9.18 Å². The van der Waals surface area contributed by atoms with Crippen LogP contribution in [0.2, 0.25) is 5.15 Å². The van der Waals surface area contributed by atoms with Gasteiger partial charge in [-0.3, -0.25) is 4.79 Å². The molecule has 1 aromatic carbocycles. The fraction of sp³-hybridized carbons (Fsp3) is 0.0769. The number of benzene rings is 1. The Kier molecular flexibility index (Phi) is 4.17. The van der Waals surface area contributed by atoms with E-state index in [1.165, 1.54) is 0 Å². The van der Waals surface area contributed by atoms with Gasteiger partial charge >= 0.3 is 0 Å². The number of halogens is 3. The molecule has 2 rings (SSSR count). The maximum absolute atomic E-state index is 13.1. The van der Waals surface area contributed by atoms with Gasteiger partial charge in [0.1, 0.15) is 11.0 Å². The van der Waals surface area contributed by atoms with Crippen LogP contribution in [0.5, 0.6) is 0 Å². The van der Waals surface area contributed by atoms with Gasteiger partial charge in [0.15, 0.2) is 0 Å². The van der Waals surface area contributed by atoms with E-state index < -0.39 is 11.7 Å². The number of pyridine rings is 1. The lowest BCUT2D eigenvalue weighted by Crippen LogP contribution is -2.14. The highest BCUT2D eigenvalue weighted by Crippen LogP contribution is 2.22. The molecule has 0 aliphatic heterocycles. The zero-order valence-electron chi connectivity index (χ0n) is 9.88. The third-order valence-electron chi connectivity index (χ3n) is 2.49. The van der Waals surface area contributed by atoms with E-state index in [0.29, 0.717) is 5.69 Å². The van der Waals surface area contributed by atoms with Crippen molar-refractivity contribution in [2.24, 2.45) is 0 Å². The molecule has 0 spiro atoms. The Morgan fingerprint density at radius 3 is 2.84 bits per heavy atom. The Labute approximate surface area is 122 Å². The molecular formula is C13H9BrClFN2O. The van der Waals surface area contributed by atoms with E-state index in [9.17, 15) is 9.18 Å². The minimum absolute atomic E-state index is 0.00369. The monoisotopic (exact) mass is 342 g/mol. The van der Waals surface area contributed by atoms with Gasteiger partial charge in [-0.05, 0) is 36.8 Å². The van der Waals surface area contributed by atoms with Crippen LogP contribution in [0.3, 0.4) is 0 Å². The van der Waals surface area contributed by atoms with Crippen LogP contribution in [0.25, 0.3) is 0 Å². The zero-order valence-corrected chi connectivity index (χ0v) is 12.2. The summed E-state index contributed by atoms with van der Waals surface area (Å²) in [5, 5.41) is 2.64. The number of anilines is 1. The van der Waals surface area contributed by atoms with Gasteiger partial charge in [-0.1, -0.05) is 27.5 Å². The van der Waals surface area contributed by atoms with Crippen molar-refractivity contribution in [2.45, 2.75) is 6.92 Å². The lowest BCUT2D eigenvalue weighted by molar-refractivity contribution is 0.102. The quantitative estimate of drug-likeness (QED) is 0.831. The van der Waals surface area contributed by atoms with E-state index >= 15 is 0 Å². The molecule has 0 radical (unpaired) electrons. The summed E-state index contributed by atoms with van der Waals surface area (Å²) in [5.74, 6) is -1.11. The average Bonchev–Trinajstić information content (AvgIpc) is 2.35. The van der Waals surface area contributed by atoms with Crippen molar-refractivity contribution in [3.8, 4) is 0 Å². The number of carbonyl (C=O) groups is 1. The molecule has 0 saturated heterocycles. The summed E-state index contributed by atoms with van der Waals surface area (Å²) in [4.78, 5) is 15.6. The Morgan fingerprint density at radius 2 is 2.16 bits per heavy atom. The molecule has 0 unspecified atom stereocenters. The molecule has 6 heteroatoms. The second-order valence-corrected chi connectivity index (χ2v) is 5.18. The Balaban J connectivity index is 2.28. The first kappa shape index (κ1) is 14.0. The molecule has 0 bridgehead atoms. The van der Waals surface area contributed by atoms with E-state index in [1.807, 2.05) is 13.0 Å². The Morgan fingerprint density at radius 1 is 1.42 bits per heavy atom. The van der Waals surface area contributed by atoms with Gasteiger partial charge in [0.2, 0.25) is 0 Å². The molecule has 0 saturated carbocycles. The standard InChI is InChI=1S/C13H9BrClFN2O/c1-7-4-8(14)2-3-11(7)18-13(19)10-5-9(16)6-17-12(10)15/h2-6H,1H3,(H,18,19). The number of rotatable bonds is 2. The number of nitrogens with zero attached hydrogens (tertiary/aromatic N) is 1. The van der Waals surface area contributed by atoms with Gasteiger partial charge in [0, 0.05) is 10.2 Å². The van der Waals surface area contributed by atoms with Crippen molar-refractivity contribution in [1.29, 1.82) is 0 Å². The topological polar surface area (TPSA) is 42.0 Å². The highest BCUT2D eigenvalue weighted by atomic mass is 79.9. The first-order chi connectivity index (χ1) is 8.97. The molecule has 1 aromatic heterocycles. The maximum atomic E-state index is 13.1. The first-order valence-electron chi connectivity index (χ1n) is 5.36. The van der Waals surface area contributed by atoms with Crippen LogP contribution < -0.4 is 5.32 Å². The molecular weight excluding hydrogens is 335 g/mol. The molecule has 98 valence electrons. The summed E-state index contributed by atoms with van der Waals surface area (Å²) >= 11 is 9.11. The van der Waals surface area contributed by atoms with Crippen LogP contribution in [0.4, 0.5) is 10.1 Å². The normalized spacial score (nSPS) is 10.3. The minimum Gasteiger partial charge on any atom is -0.322 e. The van der Waals surface area contributed by atoms with Crippen molar-refractivity contribution in [1.82, 2.24) is 4.98 Å². The molecule has 0 aliphatic carbocycles. The van der Waals surface area contributed by atoms with Gasteiger partial charge in [0.25, 0.3) is 5.91 Å². The SMILES string of the molecule is Cc1cc(Br)ccc1NC(=O)c1cc(F)cnc1Cl. The minimum atomic E-state index is -0.609. The summed E-state index contributed by atoms with van der Waals surface area (Å²) in [6, 6.07) is 6.46. The van der Waals surface area contributed by atoms with Crippen LogP contribution >= 0.6 is 27.5 Å². The van der Waals surface area contributed by atoms with E-state index in [-0.39, 0.29) is 10.7 Å². The summed E-state index contributed by atoms with van der Waals surface area (Å²) in [6.45, 7) is 1.85. The van der Waals surface area contributed by atoms with Crippen molar-refractivity contribution in [3.63, 3.8) is 0 Å². The molecule has 1 heterocycles. The highest BCUT2D eigenvalue weighted by molar-refractivity contribution is 9.10. The molecule has 1 amide bonds. The number of amides is 1. The summed E-state index contributed by atoms with van der Waals surface area (Å²) in [5.41, 5.74) is 1.51. The van der Waals surface area contributed by atoms with Crippen molar-refractivity contribution in [2.75, 3.05) is 5.32 Å². The van der Waals surface area contributed by atoms with Crippen molar-refractivity contribution in [3.05, 3.63) is 57.0 Å². The highest BCUT2D eigenvalue weighted by Gasteiger charge is 2.13. The van der Waals surface area contributed by atoms with Crippen LogP contribution in [0.15, 0.2) is 34.9 Å². The van der Waals surface area contributed by atoms with E-state index in [4.69, 9.17) is 11.6 Å². The largest absolute Gasteiger partial charge is 0.322 e. The van der Waals surface area contributed by atoms with Gasteiger partial charge in [-0.25, -0.2) is 9.37 Å². The molecule has 1 N–H and O–H groups in total. The van der Waals surface area contributed by atoms with Gasteiger partial charge in [-0.15, -0.1) is 0 Å². The molecule has 0 aliphatic rings. The number of nitrogens with one attached hydrogen (secondary N) is 1. The third kappa shape index (κ3) is 3.30. The molecule has 2 aromatic rings. The second-order valence-electron chi connectivity index (χ2n) is 3.91. The van der Waals surface area contributed by atoms with Gasteiger partial charge in [-0.2, -0.15) is 0 Å². The predicted octanol–water partition coefficient (Wildman–Crippen LogP) is 4.20. The summed E-state index contributed by atoms with van der Waals surface area (Å²) < 4.78 is 14.0. The number of aromatic nitrogens is 1. The van der Waals surface area contributed by atoms with Crippen LogP contribution in [-0.2, 0) is 0 Å². The van der Waals surface area contributed by atoms with Crippen LogP contribution in [-0.4, -0.2) is 10.9 Å². The fourth-order valence-corrected chi connectivity index (χ4v) is 2.20. The third-order valence-corrected chi connectivity index (χ3v) is 3.28. The summed E-state index contributed by atoms with van der Waals surface area (Å²) in [7, 11) is 0. The average molecular weight is 344 g/mol. The van der Waals surface area contributed by atoms with E-state index in [2.05, 4.69) is 26.2 Å². The maximum Gasteiger partial charge on any atom is 0.258 e. The fourth-order valence-electron chi connectivity index (χ4n) is 1.54. The zero-order chi connectivity index (χ0) is 14.0. The van der Waals surface area contributed by atoms with Crippen molar-refractivity contribution >= 4 is 39.1 Å². The second kappa shape index (κ2) is 5.67.